The predicted octanol–water partition coefficient (Wildman–Crippen LogP) is 2.66. The summed E-state index contributed by atoms with van der Waals surface area (Å²) in [5.74, 6) is 0.681. The topological polar surface area (TPSA) is 49.6 Å². The summed E-state index contributed by atoms with van der Waals surface area (Å²) in [5.41, 5.74) is 7.38. The predicted molar refractivity (Wildman–Crippen MR) is 97.5 cm³/mol. The summed E-state index contributed by atoms with van der Waals surface area (Å²) in [7, 11) is 0. The first-order valence-corrected chi connectivity index (χ1v) is 9.47. The van der Waals surface area contributed by atoms with Crippen LogP contribution in [0.1, 0.15) is 44.2 Å². The van der Waals surface area contributed by atoms with E-state index < -0.39 is 0 Å². The summed E-state index contributed by atoms with van der Waals surface area (Å²) in [6.07, 6.45) is 5.17. The largest absolute Gasteiger partial charge is 0.342 e. The highest BCUT2D eigenvalue weighted by atomic mass is 16.2. The summed E-state index contributed by atoms with van der Waals surface area (Å²) >= 11 is 0. The number of benzene rings is 1. The molecule has 0 spiro atoms. The molecule has 3 rings (SSSR count). The Morgan fingerprint density at radius 2 is 1.88 bits per heavy atom. The Hall–Kier alpha value is -1.39. The number of amides is 1. The van der Waals surface area contributed by atoms with Gasteiger partial charge in [0.25, 0.3) is 0 Å². The van der Waals surface area contributed by atoms with E-state index in [0.717, 1.165) is 31.6 Å². The average Bonchev–Trinajstić information content (AvgIpc) is 3.10. The molecule has 4 nitrogen and oxygen atoms in total. The van der Waals surface area contributed by atoms with E-state index in [2.05, 4.69) is 4.90 Å². The second-order valence-electron chi connectivity index (χ2n) is 7.53. The van der Waals surface area contributed by atoms with Crippen LogP contribution in [0.3, 0.4) is 0 Å². The fraction of sp³-hybridized carbons (Fsp3) is 0.650. The number of likely N-dealkylation sites (tertiary alicyclic amines) is 2. The number of rotatable bonds is 5. The molecule has 0 saturated carbocycles. The van der Waals surface area contributed by atoms with Crippen molar-refractivity contribution in [3.05, 3.63) is 35.9 Å². The number of carbonyl (C=O) groups excluding carboxylic acids is 1. The molecule has 1 aromatic rings. The summed E-state index contributed by atoms with van der Waals surface area (Å²) in [4.78, 5) is 17.5. The van der Waals surface area contributed by atoms with Gasteiger partial charge in [-0.3, -0.25) is 4.79 Å². The highest BCUT2D eigenvalue weighted by molar-refractivity contribution is 5.79. The van der Waals surface area contributed by atoms with Crippen LogP contribution in [0.5, 0.6) is 0 Å². The van der Waals surface area contributed by atoms with E-state index in [1.54, 1.807) is 0 Å². The lowest BCUT2D eigenvalue weighted by atomic mass is 9.94. The van der Waals surface area contributed by atoms with Crippen molar-refractivity contribution >= 4 is 5.91 Å². The molecule has 24 heavy (non-hydrogen) atoms. The minimum atomic E-state index is -0.222. The van der Waals surface area contributed by atoms with E-state index in [-0.39, 0.29) is 17.9 Å². The number of nitrogens with zero attached hydrogens (tertiary/aromatic N) is 2. The van der Waals surface area contributed by atoms with Crippen molar-refractivity contribution in [3.63, 3.8) is 0 Å². The van der Waals surface area contributed by atoms with Crippen LogP contribution in [0.25, 0.3) is 0 Å². The van der Waals surface area contributed by atoms with Crippen molar-refractivity contribution in [2.45, 2.75) is 38.6 Å². The minimum Gasteiger partial charge on any atom is -0.342 e. The summed E-state index contributed by atoms with van der Waals surface area (Å²) < 4.78 is 0. The summed E-state index contributed by atoms with van der Waals surface area (Å²) in [6, 6.07) is 9.75. The number of hydrogen-bond donors (Lipinski definition) is 1. The van der Waals surface area contributed by atoms with E-state index in [1.807, 2.05) is 42.2 Å². The van der Waals surface area contributed by atoms with Crippen LogP contribution < -0.4 is 5.73 Å². The second kappa shape index (κ2) is 8.13. The third-order valence-electron chi connectivity index (χ3n) is 5.68. The fourth-order valence-corrected chi connectivity index (χ4v) is 4.09. The molecule has 1 amide bonds. The Morgan fingerprint density at radius 3 is 2.58 bits per heavy atom. The standard InChI is InChI=1S/C20H31N3O/c1-16(19(21)18-8-4-2-5-9-18)20(24)23-13-10-17(15-23)14-22-11-6-3-7-12-22/h2,4-5,8-9,16-17,19H,3,6-7,10-15,21H2,1H3. The fourth-order valence-electron chi connectivity index (χ4n) is 4.09. The maximum absolute atomic E-state index is 12.8. The first-order chi connectivity index (χ1) is 11.6. The molecule has 1 aromatic carbocycles. The van der Waals surface area contributed by atoms with Gasteiger partial charge in [-0.1, -0.05) is 43.7 Å². The molecular weight excluding hydrogens is 298 g/mol. The van der Waals surface area contributed by atoms with Crippen molar-refractivity contribution < 1.29 is 4.79 Å². The van der Waals surface area contributed by atoms with Gasteiger partial charge >= 0.3 is 0 Å². The SMILES string of the molecule is CC(C(=O)N1CCC(CN2CCCCC2)C1)C(N)c1ccccc1. The van der Waals surface area contributed by atoms with Crippen LogP contribution in [0.2, 0.25) is 0 Å². The summed E-state index contributed by atoms with van der Waals surface area (Å²) in [6.45, 7) is 7.39. The van der Waals surface area contributed by atoms with Crippen LogP contribution in [0.15, 0.2) is 30.3 Å². The molecule has 4 heteroatoms. The molecule has 2 N–H and O–H groups in total. The van der Waals surface area contributed by atoms with Crippen LogP contribution in [0, 0.1) is 11.8 Å². The Labute approximate surface area is 146 Å². The third kappa shape index (κ3) is 4.17. The lowest BCUT2D eigenvalue weighted by Crippen LogP contribution is -2.39. The van der Waals surface area contributed by atoms with Crippen molar-refractivity contribution in [1.29, 1.82) is 0 Å². The molecule has 0 aliphatic carbocycles. The van der Waals surface area contributed by atoms with Crippen LogP contribution in [0.4, 0.5) is 0 Å². The zero-order valence-electron chi connectivity index (χ0n) is 14.9. The quantitative estimate of drug-likeness (QED) is 0.903. The normalized spacial score (nSPS) is 24.8. The minimum absolute atomic E-state index is 0.166. The number of hydrogen-bond acceptors (Lipinski definition) is 3. The van der Waals surface area contributed by atoms with E-state index in [4.69, 9.17) is 5.73 Å². The van der Waals surface area contributed by atoms with Gasteiger partial charge in [0.15, 0.2) is 0 Å². The van der Waals surface area contributed by atoms with E-state index in [0.29, 0.717) is 5.92 Å². The van der Waals surface area contributed by atoms with Gasteiger partial charge in [0.2, 0.25) is 5.91 Å². The molecule has 0 bridgehead atoms. The van der Waals surface area contributed by atoms with Gasteiger partial charge in [0, 0.05) is 25.7 Å². The van der Waals surface area contributed by atoms with Crippen molar-refractivity contribution in [1.82, 2.24) is 9.80 Å². The summed E-state index contributed by atoms with van der Waals surface area (Å²) in [5, 5.41) is 0. The second-order valence-corrected chi connectivity index (χ2v) is 7.53. The third-order valence-corrected chi connectivity index (χ3v) is 5.68. The van der Waals surface area contributed by atoms with E-state index >= 15 is 0 Å². The monoisotopic (exact) mass is 329 g/mol. The van der Waals surface area contributed by atoms with Gasteiger partial charge in [0.1, 0.15) is 0 Å². The van der Waals surface area contributed by atoms with E-state index in [1.165, 1.54) is 32.4 Å². The molecule has 132 valence electrons. The first-order valence-electron chi connectivity index (χ1n) is 9.47. The van der Waals surface area contributed by atoms with Gasteiger partial charge in [-0.05, 0) is 43.8 Å². The molecule has 0 aromatic heterocycles. The Morgan fingerprint density at radius 1 is 1.17 bits per heavy atom. The van der Waals surface area contributed by atoms with Crippen LogP contribution in [-0.2, 0) is 4.79 Å². The van der Waals surface area contributed by atoms with Crippen molar-refractivity contribution in [2.24, 2.45) is 17.6 Å². The van der Waals surface area contributed by atoms with Gasteiger partial charge in [-0.15, -0.1) is 0 Å². The number of nitrogens with two attached hydrogens (primary N) is 1. The number of piperidine rings is 1. The molecule has 2 aliphatic rings. The Bertz CT molecular complexity index is 527. The highest BCUT2D eigenvalue weighted by Gasteiger charge is 2.32. The van der Waals surface area contributed by atoms with Gasteiger partial charge in [-0.25, -0.2) is 0 Å². The lowest BCUT2D eigenvalue weighted by Gasteiger charge is -2.29. The molecule has 2 saturated heterocycles. The molecule has 2 aliphatic heterocycles. The smallest absolute Gasteiger partial charge is 0.227 e. The maximum Gasteiger partial charge on any atom is 0.227 e. The molecule has 2 heterocycles. The Balaban J connectivity index is 1.52. The van der Waals surface area contributed by atoms with E-state index in [9.17, 15) is 4.79 Å². The average molecular weight is 329 g/mol. The molecule has 3 unspecified atom stereocenters. The van der Waals surface area contributed by atoms with Crippen LogP contribution in [-0.4, -0.2) is 48.4 Å². The van der Waals surface area contributed by atoms with Gasteiger partial charge in [-0.2, -0.15) is 0 Å². The number of carbonyl (C=O) groups is 1. The highest BCUT2D eigenvalue weighted by Crippen LogP contribution is 2.25. The zero-order chi connectivity index (χ0) is 16.9. The van der Waals surface area contributed by atoms with Gasteiger partial charge < -0.3 is 15.5 Å². The molecule has 0 radical (unpaired) electrons. The van der Waals surface area contributed by atoms with Crippen molar-refractivity contribution in [2.75, 3.05) is 32.7 Å². The zero-order valence-corrected chi connectivity index (χ0v) is 14.9. The Kier molecular flexibility index (Phi) is 5.90. The van der Waals surface area contributed by atoms with Crippen molar-refractivity contribution in [3.8, 4) is 0 Å². The van der Waals surface area contributed by atoms with Gasteiger partial charge in [0.05, 0.1) is 5.92 Å². The lowest BCUT2D eigenvalue weighted by molar-refractivity contribution is -0.134. The molecular formula is C20H31N3O. The van der Waals surface area contributed by atoms with Crippen LogP contribution >= 0.6 is 0 Å². The molecule has 2 fully saturated rings. The maximum atomic E-state index is 12.8. The first kappa shape index (κ1) is 17.4. The molecule has 3 atom stereocenters.